The second-order valence-electron chi connectivity index (χ2n) is 7.07. The van der Waals surface area contributed by atoms with E-state index >= 15 is 0 Å². The van der Waals surface area contributed by atoms with E-state index in [9.17, 15) is 25.2 Å². The van der Waals surface area contributed by atoms with Gasteiger partial charge in [-0.3, -0.25) is 0 Å². The molecule has 0 unspecified atom stereocenters. The Hall–Kier alpha value is -1.59. The van der Waals surface area contributed by atoms with Crippen LogP contribution in [0.3, 0.4) is 0 Å². The molecule has 0 aliphatic heterocycles. The SMILES string of the molecule is CC(C)(O)CCc1cc(C(=O)O)cc(CCC(C)(C)O)c1O. The summed E-state index contributed by atoms with van der Waals surface area (Å²) in [5, 5.41) is 39.1. The summed E-state index contributed by atoms with van der Waals surface area (Å²) in [6.45, 7) is 6.67. The summed E-state index contributed by atoms with van der Waals surface area (Å²) in [5.74, 6) is -1.01. The van der Waals surface area contributed by atoms with Crippen LogP contribution in [-0.4, -0.2) is 37.6 Å². The Bertz CT molecular complexity index is 496. The molecule has 4 N–H and O–H groups in total. The molecule has 5 heteroatoms. The van der Waals surface area contributed by atoms with Crippen molar-refractivity contribution < 1.29 is 25.2 Å². The van der Waals surface area contributed by atoms with Crippen LogP contribution >= 0.6 is 0 Å². The third-order valence-electron chi connectivity index (χ3n) is 3.53. The maximum absolute atomic E-state index is 11.2. The molecule has 0 amide bonds. The Morgan fingerprint density at radius 1 is 0.955 bits per heavy atom. The van der Waals surface area contributed by atoms with Crippen LogP contribution in [0.15, 0.2) is 12.1 Å². The minimum Gasteiger partial charge on any atom is -0.507 e. The van der Waals surface area contributed by atoms with Gasteiger partial charge in [0.1, 0.15) is 5.75 Å². The summed E-state index contributed by atoms with van der Waals surface area (Å²) >= 11 is 0. The van der Waals surface area contributed by atoms with Crippen molar-refractivity contribution >= 4 is 5.97 Å². The van der Waals surface area contributed by atoms with Crippen LogP contribution in [0.5, 0.6) is 5.75 Å². The Balaban J connectivity index is 3.10. The molecule has 0 saturated heterocycles. The predicted octanol–water partition coefficient (Wildman–Crippen LogP) is 2.50. The molecule has 0 atom stereocenters. The van der Waals surface area contributed by atoms with Gasteiger partial charge in [0.2, 0.25) is 0 Å². The highest BCUT2D eigenvalue weighted by atomic mass is 16.4. The zero-order chi connectivity index (χ0) is 17.1. The van der Waals surface area contributed by atoms with Crippen molar-refractivity contribution in [2.24, 2.45) is 0 Å². The highest BCUT2D eigenvalue weighted by Crippen LogP contribution is 2.29. The van der Waals surface area contributed by atoms with Crippen molar-refractivity contribution in [3.63, 3.8) is 0 Å². The number of aromatic carboxylic acids is 1. The van der Waals surface area contributed by atoms with Crippen LogP contribution in [0.2, 0.25) is 0 Å². The van der Waals surface area contributed by atoms with Crippen molar-refractivity contribution in [3.05, 3.63) is 28.8 Å². The molecular formula is C17H26O5. The van der Waals surface area contributed by atoms with Gasteiger partial charge in [0.05, 0.1) is 16.8 Å². The molecule has 1 aromatic rings. The lowest BCUT2D eigenvalue weighted by molar-refractivity contribution is 0.0696. The minimum atomic E-state index is -1.06. The number of carboxylic acid groups (broad SMARTS) is 1. The van der Waals surface area contributed by atoms with Crippen LogP contribution in [0.4, 0.5) is 0 Å². The van der Waals surface area contributed by atoms with Crippen molar-refractivity contribution in [1.29, 1.82) is 0 Å². The first kappa shape index (κ1) is 18.5. The largest absolute Gasteiger partial charge is 0.507 e. The van der Waals surface area contributed by atoms with E-state index in [2.05, 4.69) is 0 Å². The molecule has 0 aliphatic carbocycles. The van der Waals surface area contributed by atoms with E-state index in [1.54, 1.807) is 27.7 Å². The van der Waals surface area contributed by atoms with Crippen LogP contribution in [0.25, 0.3) is 0 Å². The monoisotopic (exact) mass is 310 g/mol. The number of phenolic OH excluding ortho intramolecular Hbond substituents is 1. The molecule has 124 valence electrons. The molecule has 1 rings (SSSR count). The first-order valence-electron chi connectivity index (χ1n) is 7.42. The van der Waals surface area contributed by atoms with E-state index in [0.717, 1.165) is 0 Å². The molecule has 0 radical (unpaired) electrons. The fourth-order valence-corrected chi connectivity index (χ4v) is 2.15. The lowest BCUT2D eigenvalue weighted by Crippen LogP contribution is -2.20. The maximum Gasteiger partial charge on any atom is 0.335 e. The van der Waals surface area contributed by atoms with Crippen molar-refractivity contribution in [3.8, 4) is 5.75 Å². The topological polar surface area (TPSA) is 98.0 Å². The van der Waals surface area contributed by atoms with Crippen LogP contribution in [0, 0.1) is 0 Å². The first-order valence-corrected chi connectivity index (χ1v) is 7.42. The standard InChI is InChI=1S/C17H26O5/c1-16(2,21)7-5-11-9-13(15(19)20)10-12(14(11)18)6-8-17(3,4)22/h9-10,18,21-22H,5-8H2,1-4H3,(H,19,20). The summed E-state index contributed by atoms with van der Waals surface area (Å²) in [5.41, 5.74) is -0.660. The average molecular weight is 310 g/mol. The van der Waals surface area contributed by atoms with Crippen LogP contribution in [0.1, 0.15) is 62.0 Å². The van der Waals surface area contributed by atoms with E-state index in [1.807, 2.05) is 0 Å². The molecule has 0 spiro atoms. The summed E-state index contributed by atoms with van der Waals surface area (Å²) in [7, 11) is 0. The van der Waals surface area contributed by atoms with Crippen molar-refractivity contribution in [2.75, 3.05) is 0 Å². The summed E-state index contributed by atoms with van der Waals surface area (Å²) in [6.07, 6.45) is 1.58. The lowest BCUT2D eigenvalue weighted by atomic mass is 9.92. The second-order valence-corrected chi connectivity index (χ2v) is 7.07. The molecule has 0 aromatic heterocycles. The summed E-state index contributed by atoms with van der Waals surface area (Å²) < 4.78 is 0. The second kappa shape index (κ2) is 6.67. The van der Waals surface area contributed by atoms with Crippen LogP contribution in [-0.2, 0) is 12.8 Å². The number of aryl methyl sites for hydroxylation is 2. The number of hydrogen-bond acceptors (Lipinski definition) is 4. The van der Waals surface area contributed by atoms with Gasteiger partial charge in [0, 0.05) is 0 Å². The number of phenols is 1. The van der Waals surface area contributed by atoms with Gasteiger partial charge in [-0.15, -0.1) is 0 Å². The quantitative estimate of drug-likeness (QED) is 0.620. The van der Waals surface area contributed by atoms with E-state index in [4.69, 9.17) is 0 Å². The number of aliphatic hydroxyl groups is 2. The number of carboxylic acids is 1. The smallest absolute Gasteiger partial charge is 0.335 e. The van der Waals surface area contributed by atoms with Gasteiger partial charge in [-0.1, -0.05) is 0 Å². The van der Waals surface area contributed by atoms with E-state index in [0.29, 0.717) is 36.8 Å². The lowest BCUT2D eigenvalue weighted by Gasteiger charge is -2.20. The Morgan fingerprint density at radius 3 is 1.59 bits per heavy atom. The molecular weight excluding hydrogens is 284 g/mol. The number of benzene rings is 1. The predicted molar refractivity (Wildman–Crippen MR) is 84.3 cm³/mol. The zero-order valence-electron chi connectivity index (χ0n) is 13.7. The maximum atomic E-state index is 11.2. The Labute approximate surface area is 131 Å². The third kappa shape index (κ3) is 6.03. The number of aromatic hydroxyl groups is 1. The summed E-state index contributed by atoms with van der Waals surface area (Å²) in [4.78, 5) is 11.2. The van der Waals surface area contributed by atoms with Crippen LogP contribution < -0.4 is 0 Å². The molecule has 0 heterocycles. The van der Waals surface area contributed by atoms with Gasteiger partial charge in [-0.05, 0) is 76.6 Å². The van der Waals surface area contributed by atoms with Gasteiger partial charge in [0.15, 0.2) is 0 Å². The third-order valence-corrected chi connectivity index (χ3v) is 3.53. The molecule has 0 bridgehead atoms. The molecule has 1 aromatic carbocycles. The number of carbonyl (C=O) groups is 1. The van der Waals surface area contributed by atoms with Gasteiger partial charge >= 0.3 is 5.97 Å². The van der Waals surface area contributed by atoms with Crippen molar-refractivity contribution in [2.45, 2.75) is 64.6 Å². The molecule has 0 aliphatic rings. The summed E-state index contributed by atoms with van der Waals surface area (Å²) in [6, 6.07) is 2.88. The minimum absolute atomic E-state index is 0.0542. The van der Waals surface area contributed by atoms with Gasteiger partial charge in [-0.25, -0.2) is 4.79 Å². The Kier molecular flexibility index (Phi) is 5.59. The first-order chi connectivity index (χ1) is 9.89. The number of rotatable bonds is 7. The highest BCUT2D eigenvalue weighted by molar-refractivity contribution is 5.88. The molecule has 0 saturated carbocycles. The average Bonchev–Trinajstić information content (AvgIpc) is 2.33. The molecule has 5 nitrogen and oxygen atoms in total. The normalized spacial score (nSPS) is 12.5. The number of hydrogen-bond donors (Lipinski definition) is 4. The highest BCUT2D eigenvalue weighted by Gasteiger charge is 2.19. The Morgan fingerprint density at radius 2 is 1.32 bits per heavy atom. The van der Waals surface area contributed by atoms with E-state index in [1.165, 1.54) is 12.1 Å². The van der Waals surface area contributed by atoms with E-state index < -0.39 is 17.2 Å². The molecule has 22 heavy (non-hydrogen) atoms. The zero-order valence-corrected chi connectivity index (χ0v) is 13.7. The van der Waals surface area contributed by atoms with Gasteiger partial charge in [0.25, 0.3) is 0 Å². The van der Waals surface area contributed by atoms with E-state index in [-0.39, 0.29) is 11.3 Å². The fraction of sp³-hybridized carbons (Fsp3) is 0.588. The van der Waals surface area contributed by atoms with Crippen molar-refractivity contribution in [1.82, 2.24) is 0 Å². The molecule has 0 fully saturated rings. The van der Waals surface area contributed by atoms with Gasteiger partial charge < -0.3 is 20.4 Å². The fourth-order valence-electron chi connectivity index (χ4n) is 2.15. The van der Waals surface area contributed by atoms with Gasteiger partial charge in [-0.2, -0.15) is 0 Å².